The van der Waals surface area contributed by atoms with E-state index in [0.29, 0.717) is 28.5 Å². The lowest BCUT2D eigenvalue weighted by atomic mass is 10.1. The van der Waals surface area contributed by atoms with Crippen molar-refractivity contribution in [1.29, 1.82) is 0 Å². The number of thiazole rings is 1. The van der Waals surface area contributed by atoms with Crippen LogP contribution in [-0.2, 0) is 0 Å². The topological polar surface area (TPSA) is 65.7 Å². The highest BCUT2D eigenvalue weighted by Gasteiger charge is 2.14. The minimum Gasteiger partial charge on any atom is -0.494 e. The van der Waals surface area contributed by atoms with Crippen LogP contribution < -0.4 is 19.6 Å². The molecule has 0 saturated heterocycles. The first-order valence-corrected chi connectivity index (χ1v) is 11.1. The van der Waals surface area contributed by atoms with Crippen LogP contribution in [0.4, 0.5) is 0 Å². The number of unbranched alkanes of at least 4 members (excludes halogenated alkanes) is 1. The van der Waals surface area contributed by atoms with E-state index < -0.39 is 0 Å². The molecule has 7 heteroatoms. The summed E-state index contributed by atoms with van der Waals surface area (Å²) in [6.07, 6.45) is 6.04. The molecular formula is C24H21N3O3S. The van der Waals surface area contributed by atoms with Crippen LogP contribution in [0.15, 0.2) is 58.9 Å². The van der Waals surface area contributed by atoms with Crippen LogP contribution in [0.3, 0.4) is 0 Å². The molecule has 0 atom stereocenters. The van der Waals surface area contributed by atoms with Crippen molar-refractivity contribution < 1.29 is 9.47 Å². The highest BCUT2D eigenvalue weighted by Crippen LogP contribution is 2.26. The summed E-state index contributed by atoms with van der Waals surface area (Å²) in [6, 6.07) is 15.5. The molecule has 31 heavy (non-hydrogen) atoms. The van der Waals surface area contributed by atoms with E-state index in [1.54, 1.807) is 0 Å². The third-order valence-corrected chi connectivity index (χ3v) is 5.99. The summed E-state index contributed by atoms with van der Waals surface area (Å²) >= 11 is 1.33. The van der Waals surface area contributed by atoms with Gasteiger partial charge in [0.05, 0.1) is 11.1 Å². The predicted octanol–water partition coefficient (Wildman–Crippen LogP) is 3.97. The Kier molecular flexibility index (Phi) is 5.26. The van der Waals surface area contributed by atoms with E-state index in [-0.39, 0.29) is 5.56 Å². The van der Waals surface area contributed by atoms with Gasteiger partial charge in [-0.05, 0) is 54.5 Å². The Morgan fingerprint density at radius 2 is 2.03 bits per heavy atom. The van der Waals surface area contributed by atoms with E-state index >= 15 is 0 Å². The van der Waals surface area contributed by atoms with Crippen molar-refractivity contribution in [3.63, 3.8) is 0 Å². The first-order valence-electron chi connectivity index (χ1n) is 10.3. The van der Waals surface area contributed by atoms with Crippen molar-refractivity contribution >= 4 is 28.4 Å². The second kappa shape index (κ2) is 8.35. The number of ether oxygens (including phenoxy) is 2. The number of nitrogens with zero attached hydrogens (tertiary/aromatic N) is 3. The average molecular weight is 432 g/mol. The molecule has 0 saturated carbocycles. The van der Waals surface area contributed by atoms with Crippen LogP contribution in [0.1, 0.15) is 25.3 Å². The molecule has 4 aromatic rings. The molecular weight excluding hydrogens is 410 g/mol. The molecule has 0 amide bonds. The summed E-state index contributed by atoms with van der Waals surface area (Å²) in [5, 5.41) is 4.43. The number of hydrogen-bond donors (Lipinski definition) is 0. The van der Waals surface area contributed by atoms with Gasteiger partial charge in [0.25, 0.3) is 5.56 Å². The monoisotopic (exact) mass is 431 g/mol. The molecule has 0 unspecified atom stereocenters. The van der Waals surface area contributed by atoms with Gasteiger partial charge in [-0.25, -0.2) is 0 Å². The number of hydrogen-bond acceptors (Lipinski definition) is 6. The molecule has 1 aliphatic rings. The molecule has 2 aromatic heterocycles. The minimum atomic E-state index is -0.168. The zero-order chi connectivity index (χ0) is 21.2. The van der Waals surface area contributed by atoms with Gasteiger partial charge in [-0.2, -0.15) is 9.50 Å². The molecule has 3 heterocycles. The van der Waals surface area contributed by atoms with Crippen LogP contribution in [0.2, 0.25) is 0 Å². The van der Waals surface area contributed by atoms with Gasteiger partial charge in [-0.15, -0.1) is 5.10 Å². The van der Waals surface area contributed by atoms with Crippen molar-refractivity contribution in [2.24, 2.45) is 0 Å². The van der Waals surface area contributed by atoms with Gasteiger partial charge in [0, 0.05) is 11.1 Å². The van der Waals surface area contributed by atoms with E-state index in [1.165, 1.54) is 15.9 Å². The van der Waals surface area contributed by atoms with Gasteiger partial charge >= 0.3 is 0 Å². The summed E-state index contributed by atoms with van der Waals surface area (Å²) in [5.41, 5.74) is 2.64. The summed E-state index contributed by atoms with van der Waals surface area (Å²) < 4.78 is 13.4. The maximum atomic E-state index is 12.8. The van der Waals surface area contributed by atoms with E-state index in [0.717, 1.165) is 41.0 Å². The van der Waals surface area contributed by atoms with E-state index in [2.05, 4.69) is 17.0 Å². The van der Waals surface area contributed by atoms with Crippen LogP contribution in [0, 0.1) is 0 Å². The molecule has 0 spiro atoms. The SMILES string of the molecule is CCCCOc1ccc(-c2nc3sc(=CC4=Cc5ccccc5OC4)c(=O)n3n2)cc1. The molecule has 0 fully saturated rings. The zero-order valence-electron chi connectivity index (χ0n) is 17.1. The van der Waals surface area contributed by atoms with Crippen LogP contribution in [0.5, 0.6) is 11.5 Å². The van der Waals surface area contributed by atoms with E-state index in [9.17, 15) is 4.79 Å². The highest BCUT2D eigenvalue weighted by molar-refractivity contribution is 7.15. The van der Waals surface area contributed by atoms with Gasteiger partial charge in [0.15, 0.2) is 5.82 Å². The molecule has 1 aliphatic heterocycles. The maximum Gasteiger partial charge on any atom is 0.291 e. The Balaban J connectivity index is 1.41. The summed E-state index contributed by atoms with van der Waals surface area (Å²) in [7, 11) is 0. The van der Waals surface area contributed by atoms with Gasteiger partial charge in [0.2, 0.25) is 4.96 Å². The average Bonchev–Trinajstić information content (AvgIpc) is 3.34. The fourth-order valence-electron chi connectivity index (χ4n) is 3.38. The van der Waals surface area contributed by atoms with E-state index in [4.69, 9.17) is 9.47 Å². The highest BCUT2D eigenvalue weighted by atomic mass is 32.1. The Morgan fingerprint density at radius 3 is 2.84 bits per heavy atom. The smallest absolute Gasteiger partial charge is 0.291 e. The van der Waals surface area contributed by atoms with Crippen molar-refractivity contribution in [2.45, 2.75) is 19.8 Å². The first kappa shape index (κ1) is 19.5. The Labute approximate surface area is 183 Å². The molecule has 0 radical (unpaired) electrons. The van der Waals surface area contributed by atoms with Gasteiger partial charge in [-0.3, -0.25) is 4.79 Å². The number of benzene rings is 2. The fourth-order valence-corrected chi connectivity index (χ4v) is 4.30. The third kappa shape index (κ3) is 3.96. The quantitative estimate of drug-likeness (QED) is 0.432. The molecule has 2 aromatic carbocycles. The number of aromatic nitrogens is 3. The first-order chi connectivity index (χ1) is 15.2. The largest absolute Gasteiger partial charge is 0.494 e. The lowest BCUT2D eigenvalue weighted by Gasteiger charge is -2.15. The second-order valence-corrected chi connectivity index (χ2v) is 8.33. The van der Waals surface area contributed by atoms with Gasteiger partial charge < -0.3 is 9.47 Å². The minimum absolute atomic E-state index is 0.168. The van der Waals surface area contributed by atoms with Crippen LogP contribution in [-0.4, -0.2) is 27.8 Å². The Hall–Kier alpha value is -3.45. The number of para-hydroxylation sites is 1. The number of rotatable bonds is 6. The lowest BCUT2D eigenvalue weighted by molar-refractivity contribution is 0.309. The van der Waals surface area contributed by atoms with Crippen LogP contribution >= 0.6 is 11.3 Å². The maximum absolute atomic E-state index is 12.8. The van der Waals surface area contributed by atoms with E-state index in [1.807, 2.05) is 60.7 Å². The van der Waals surface area contributed by atoms with Crippen molar-refractivity contribution in [2.75, 3.05) is 13.2 Å². The summed E-state index contributed by atoms with van der Waals surface area (Å²) in [5.74, 6) is 2.21. The third-order valence-electron chi connectivity index (χ3n) is 5.03. The lowest BCUT2D eigenvalue weighted by Crippen LogP contribution is -2.24. The number of fused-ring (bicyclic) bond motifs is 2. The molecule has 0 bridgehead atoms. The molecule has 5 rings (SSSR count). The summed E-state index contributed by atoms with van der Waals surface area (Å²) in [6.45, 7) is 3.27. The molecule has 0 N–H and O–H groups in total. The Morgan fingerprint density at radius 1 is 1.19 bits per heavy atom. The Bertz CT molecular complexity index is 1370. The normalized spacial score (nSPS) is 13.7. The second-order valence-electron chi connectivity index (χ2n) is 7.32. The van der Waals surface area contributed by atoms with Gasteiger partial charge in [0.1, 0.15) is 18.1 Å². The van der Waals surface area contributed by atoms with Crippen LogP contribution in [0.25, 0.3) is 28.5 Å². The van der Waals surface area contributed by atoms with Crippen molar-refractivity contribution in [3.8, 4) is 22.9 Å². The summed E-state index contributed by atoms with van der Waals surface area (Å²) in [4.78, 5) is 18.0. The molecule has 0 aliphatic carbocycles. The molecule has 6 nitrogen and oxygen atoms in total. The fraction of sp³-hybridized carbons (Fsp3) is 0.208. The zero-order valence-corrected chi connectivity index (χ0v) is 17.9. The van der Waals surface area contributed by atoms with Gasteiger partial charge in [-0.1, -0.05) is 42.9 Å². The van der Waals surface area contributed by atoms with Crippen molar-refractivity contribution in [3.05, 3.63) is 74.6 Å². The standard InChI is InChI=1S/C24H21N3O3S/c1-2-3-12-29-19-10-8-17(9-11-19)22-25-24-27(26-22)23(28)21(31-24)14-16-13-18-6-4-5-7-20(18)30-15-16/h4-11,13-14H,2-3,12,15H2,1H3. The van der Waals surface area contributed by atoms with Crippen molar-refractivity contribution in [1.82, 2.24) is 14.6 Å². The predicted molar refractivity (Wildman–Crippen MR) is 123 cm³/mol. The molecule has 156 valence electrons.